The van der Waals surface area contributed by atoms with E-state index in [-0.39, 0.29) is 12.7 Å². The summed E-state index contributed by atoms with van der Waals surface area (Å²) in [4.78, 5) is 10.8. The molecule has 0 aliphatic carbocycles. The third-order valence-corrected chi connectivity index (χ3v) is 3.85. The Balaban J connectivity index is 1.85. The van der Waals surface area contributed by atoms with Gasteiger partial charge in [-0.1, -0.05) is 6.07 Å². The number of nitriles is 1. The van der Waals surface area contributed by atoms with Gasteiger partial charge in [0, 0.05) is 17.7 Å². The zero-order valence-electron chi connectivity index (χ0n) is 12.2. The first kappa shape index (κ1) is 14.3. The number of aromatic nitrogens is 2. The maximum atomic E-state index is 10.8. The summed E-state index contributed by atoms with van der Waals surface area (Å²) in [6.45, 7) is 2.54. The summed E-state index contributed by atoms with van der Waals surface area (Å²) >= 11 is 0. The molecule has 6 nitrogen and oxygen atoms in total. The molecule has 0 saturated heterocycles. The van der Waals surface area contributed by atoms with Gasteiger partial charge in [-0.15, -0.1) is 0 Å². The first-order chi connectivity index (χ1) is 10.6. The fraction of sp³-hybridized carbons (Fsp3) is 0.312. The Morgan fingerprint density at radius 3 is 3.05 bits per heavy atom. The van der Waals surface area contributed by atoms with Crippen molar-refractivity contribution in [3.8, 4) is 17.2 Å². The summed E-state index contributed by atoms with van der Waals surface area (Å²) in [5.74, 6) is -0.465. The molecule has 0 spiro atoms. The van der Waals surface area contributed by atoms with Crippen LogP contribution in [0.4, 0.5) is 0 Å². The van der Waals surface area contributed by atoms with Crippen molar-refractivity contribution >= 4 is 5.91 Å². The maximum Gasteiger partial charge on any atom is 0.243 e. The van der Waals surface area contributed by atoms with Crippen LogP contribution in [0.15, 0.2) is 24.4 Å². The predicted octanol–water partition coefficient (Wildman–Crippen LogP) is 1.16. The number of hydrogen-bond acceptors (Lipinski definition) is 4. The van der Waals surface area contributed by atoms with E-state index in [0.29, 0.717) is 18.5 Å². The Kier molecular flexibility index (Phi) is 3.65. The third kappa shape index (κ3) is 2.59. The number of fused-ring (bicyclic) bond motifs is 1. The summed E-state index contributed by atoms with van der Waals surface area (Å²) < 4.78 is 7.39. The van der Waals surface area contributed by atoms with Crippen LogP contribution in [0.3, 0.4) is 0 Å². The highest BCUT2D eigenvalue weighted by atomic mass is 16.5. The van der Waals surface area contributed by atoms with E-state index in [1.807, 2.05) is 36.0 Å². The van der Waals surface area contributed by atoms with Gasteiger partial charge >= 0.3 is 0 Å². The Hall–Kier alpha value is -2.65. The zero-order chi connectivity index (χ0) is 15.7. The fourth-order valence-corrected chi connectivity index (χ4v) is 2.83. The first-order valence-corrected chi connectivity index (χ1v) is 7.04. The summed E-state index contributed by atoms with van der Waals surface area (Å²) in [7, 11) is 0. The normalized spacial score (nSPS) is 16.3. The molecule has 1 aromatic heterocycles. The summed E-state index contributed by atoms with van der Waals surface area (Å²) in [6.07, 6.45) is 2.46. The number of nitrogens with zero attached hydrogens (tertiary/aromatic N) is 3. The highest BCUT2D eigenvalue weighted by molar-refractivity contribution is 5.75. The van der Waals surface area contributed by atoms with Gasteiger partial charge in [0.2, 0.25) is 5.91 Å². The molecule has 3 rings (SSSR count). The minimum Gasteiger partial charge on any atom is -0.368 e. The van der Waals surface area contributed by atoms with Crippen LogP contribution in [0, 0.1) is 18.3 Å². The smallest absolute Gasteiger partial charge is 0.243 e. The predicted molar refractivity (Wildman–Crippen MR) is 79.8 cm³/mol. The van der Waals surface area contributed by atoms with E-state index >= 15 is 0 Å². The maximum absolute atomic E-state index is 10.8. The van der Waals surface area contributed by atoms with E-state index in [2.05, 4.69) is 11.2 Å². The van der Waals surface area contributed by atoms with Gasteiger partial charge in [0.1, 0.15) is 6.61 Å². The van der Waals surface area contributed by atoms with E-state index in [4.69, 9.17) is 15.7 Å². The average Bonchev–Trinajstić information content (AvgIpc) is 3.05. The second-order valence-corrected chi connectivity index (χ2v) is 5.43. The molecule has 0 unspecified atom stereocenters. The first-order valence-electron chi connectivity index (χ1n) is 7.04. The van der Waals surface area contributed by atoms with E-state index in [1.165, 1.54) is 0 Å². The van der Waals surface area contributed by atoms with Crippen LogP contribution >= 0.6 is 0 Å². The van der Waals surface area contributed by atoms with Gasteiger partial charge in [0.05, 0.1) is 30.5 Å². The summed E-state index contributed by atoms with van der Waals surface area (Å²) in [6, 6.07) is 7.77. The molecule has 1 aliphatic rings. The second-order valence-electron chi connectivity index (χ2n) is 5.43. The Bertz CT molecular complexity index is 773. The molecule has 2 N–H and O–H groups in total. The molecule has 2 heterocycles. The van der Waals surface area contributed by atoms with Crippen LogP contribution < -0.4 is 5.73 Å². The zero-order valence-corrected chi connectivity index (χ0v) is 12.2. The van der Waals surface area contributed by atoms with E-state index in [1.54, 1.807) is 0 Å². The third-order valence-electron chi connectivity index (χ3n) is 3.85. The number of benzene rings is 1. The van der Waals surface area contributed by atoms with Gasteiger partial charge in [-0.05, 0) is 30.2 Å². The minimum atomic E-state index is -0.465. The lowest BCUT2D eigenvalue weighted by molar-refractivity contribution is -0.124. The monoisotopic (exact) mass is 296 g/mol. The molecule has 0 bridgehead atoms. The number of carbonyl (C=O) groups is 1. The van der Waals surface area contributed by atoms with Gasteiger partial charge < -0.3 is 10.5 Å². The number of nitrogens with two attached hydrogens (primary N) is 1. The van der Waals surface area contributed by atoms with Crippen molar-refractivity contribution in [2.75, 3.05) is 6.61 Å². The number of carbonyl (C=O) groups excluding carboxylic acids is 1. The van der Waals surface area contributed by atoms with Crippen molar-refractivity contribution in [1.82, 2.24) is 9.78 Å². The molecule has 0 radical (unpaired) electrons. The molecular formula is C16H16N4O2. The SMILES string of the molecule is Cc1cc(C#N)ccc1-c1cnn2c1C[C@@H](OCC(N)=O)C2. The fourth-order valence-electron chi connectivity index (χ4n) is 2.83. The van der Waals surface area contributed by atoms with Crippen LogP contribution in [-0.2, 0) is 22.5 Å². The quantitative estimate of drug-likeness (QED) is 0.916. The Morgan fingerprint density at radius 2 is 2.36 bits per heavy atom. The summed E-state index contributed by atoms with van der Waals surface area (Å²) in [5.41, 5.74) is 9.99. The van der Waals surface area contributed by atoms with E-state index < -0.39 is 5.91 Å². The lowest BCUT2D eigenvalue weighted by Gasteiger charge is -2.09. The molecule has 1 aromatic carbocycles. The van der Waals surface area contributed by atoms with Crippen LogP contribution in [0.25, 0.3) is 11.1 Å². The Morgan fingerprint density at radius 1 is 1.55 bits per heavy atom. The second kappa shape index (κ2) is 5.62. The lowest BCUT2D eigenvalue weighted by Crippen LogP contribution is -2.24. The van der Waals surface area contributed by atoms with Crippen LogP contribution in [-0.4, -0.2) is 28.4 Å². The van der Waals surface area contributed by atoms with Gasteiger partial charge in [0.15, 0.2) is 0 Å². The van der Waals surface area contributed by atoms with E-state index in [9.17, 15) is 4.79 Å². The topological polar surface area (TPSA) is 93.9 Å². The van der Waals surface area contributed by atoms with Gasteiger partial charge in [-0.3, -0.25) is 9.48 Å². The standard InChI is InChI=1S/C16H16N4O2/c1-10-4-11(6-17)2-3-13(10)14-7-19-20-8-12(5-15(14)20)22-9-16(18)21/h2-4,7,12H,5,8-9H2,1H3,(H2,18,21)/t12-/m1/s1. The Labute approximate surface area is 128 Å². The number of aryl methyl sites for hydroxylation is 1. The van der Waals surface area contributed by atoms with Crippen LogP contribution in [0.5, 0.6) is 0 Å². The van der Waals surface area contributed by atoms with Crippen molar-refractivity contribution in [2.45, 2.75) is 26.0 Å². The molecule has 22 heavy (non-hydrogen) atoms. The molecular weight excluding hydrogens is 280 g/mol. The van der Waals surface area contributed by atoms with Crippen LogP contribution in [0.2, 0.25) is 0 Å². The lowest BCUT2D eigenvalue weighted by atomic mass is 9.98. The molecule has 112 valence electrons. The molecule has 0 fully saturated rings. The van der Waals surface area contributed by atoms with Gasteiger partial charge in [0.25, 0.3) is 0 Å². The number of primary amides is 1. The highest BCUT2D eigenvalue weighted by Crippen LogP contribution is 2.31. The van der Waals surface area contributed by atoms with Crippen molar-refractivity contribution in [3.05, 3.63) is 41.2 Å². The number of amides is 1. The summed E-state index contributed by atoms with van der Waals surface area (Å²) in [5, 5.41) is 13.3. The molecule has 1 aliphatic heterocycles. The molecule has 0 saturated carbocycles. The molecule has 6 heteroatoms. The average molecular weight is 296 g/mol. The number of hydrogen-bond donors (Lipinski definition) is 1. The van der Waals surface area contributed by atoms with Crippen molar-refractivity contribution in [1.29, 1.82) is 5.26 Å². The van der Waals surface area contributed by atoms with Gasteiger partial charge in [-0.2, -0.15) is 10.4 Å². The van der Waals surface area contributed by atoms with Crippen molar-refractivity contribution in [2.24, 2.45) is 5.73 Å². The molecule has 1 atom stereocenters. The largest absolute Gasteiger partial charge is 0.368 e. The number of ether oxygens (including phenoxy) is 1. The molecule has 2 aromatic rings. The number of rotatable bonds is 4. The van der Waals surface area contributed by atoms with Gasteiger partial charge in [-0.25, -0.2) is 0 Å². The van der Waals surface area contributed by atoms with Crippen molar-refractivity contribution < 1.29 is 9.53 Å². The minimum absolute atomic E-state index is 0.0687. The van der Waals surface area contributed by atoms with E-state index in [0.717, 1.165) is 22.4 Å². The van der Waals surface area contributed by atoms with Crippen molar-refractivity contribution in [3.63, 3.8) is 0 Å². The molecule has 1 amide bonds. The highest BCUT2D eigenvalue weighted by Gasteiger charge is 2.27. The van der Waals surface area contributed by atoms with Crippen LogP contribution in [0.1, 0.15) is 16.8 Å².